The first-order valence-corrected chi connectivity index (χ1v) is 8.47. The fourth-order valence-electron chi connectivity index (χ4n) is 4.42. The van der Waals surface area contributed by atoms with Gasteiger partial charge in [0.15, 0.2) is 0 Å². The Morgan fingerprint density at radius 1 is 0.955 bits per heavy atom. The number of imide groups is 1. The number of carbonyl (C=O) groups excluding carboxylic acids is 3. The Hall–Kier alpha value is -1.65. The van der Waals surface area contributed by atoms with Crippen molar-refractivity contribution >= 4 is 17.7 Å². The second-order valence-corrected chi connectivity index (χ2v) is 7.08. The molecule has 0 radical (unpaired) electrons. The number of carbonyl (C=O) groups is 3. The van der Waals surface area contributed by atoms with Crippen molar-refractivity contribution in [2.75, 3.05) is 13.1 Å². The highest BCUT2D eigenvalue weighted by Crippen LogP contribution is 2.38. The molecule has 5 nitrogen and oxygen atoms in total. The zero-order chi connectivity index (χ0) is 15.3. The number of nitrogens with zero attached hydrogens (tertiary/aromatic N) is 2. The summed E-state index contributed by atoms with van der Waals surface area (Å²) >= 11 is 0. The normalized spacial score (nSPS) is 32.5. The monoisotopic (exact) mass is 302 g/mol. The lowest BCUT2D eigenvalue weighted by molar-refractivity contribution is -0.154. The molecule has 4 rings (SSSR count). The molecule has 2 atom stereocenters. The van der Waals surface area contributed by atoms with E-state index in [-0.39, 0.29) is 41.5 Å². The van der Waals surface area contributed by atoms with Crippen LogP contribution in [-0.4, -0.2) is 46.7 Å². The first kappa shape index (κ1) is 14.0. The van der Waals surface area contributed by atoms with Crippen molar-refractivity contribution in [1.82, 2.24) is 9.80 Å². The highest BCUT2D eigenvalue weighted by Gasteiger charge is 2.52. The predicted molar refractivity (Wildman–Crippen MR) is 79.5 cm³/mol. The molecule has 2 saturated heterocycles. The molecule has 0 spiro atoms. The minimum Gasteiger partial charge on any atom is -0.338 e. The number of likely N-dealkylation sites (tertiary alicyclic amines) is 2. The summed E-state index contributed by atoms with van der Waals surface area (Å²) in [6.45, 7) is 1.08. The van der Waals surface area contributed by atoms with E-state index in [1.165, 1.54) is 4.90 Å². The molecule has 1 saturated carbocycles. The summed E-state index contributed by atoms with van der Waals surface area (Å²) in [5.74, 6) is 0.0634. The van der Waals surface area contributed by atoms with Gasteiger partial charge in [-0.15, -0.1) is 0 Å². The molecule has 2 aliphatic heterocycles. The van der Waals surface area contributed by atoms with Crippen LogP contribution in [0.3, 0.4) is 0 Å². The van der Waals surface area contributed by atoms with Crippen LogP contribution in [0, 0.1) is 17.8 Å². The SMILES string of the molecule is O=C(C1CCCC1)N1CC(N2C(=O)C3CC=CCC3C2=O)C1. The van der Waals surface area contributed by atoms with Gasteiger partial charge in [0.05, 0.1) is 17.9 Å². The third kappa shape index (κ3) is 2.02. The molecule has 0 N–H and O–H groups in total. The Morgan fingerprint density at radius 3 is 2.05 bits per heavy atom. The maximum Gasteiger partial charge on any atom is 0.233 e. The molecule has 2 aliphatic carbocycles. The molecular formula is C17H22N2O3. The minimum absolute atomic E-state index is 0.0164. The lowest BCUT2D eigenvalue weighted by Gasteiger charge is -2.44. The molecule has 0 aromatic heterocycles. The minimum atomic E-state index is -0.155. The lowest BCUT2D eigenvalue weighted by Crippen LogP contribution is -2.63. The third-order valence-electron chi connectivity index (χ3n) is 5.79. The molecule has 2 unspecified atom stereocenters. The molecule has 5 heteroatoms. The summed E-state index contributed by atoms with van der Waals surface area (Å²) in [6, 6.07) is -0.0871. The van der Waals surface area contributed by atoms with Gasteiger partial charge in [0.25, 0.3) is 0 Å². The van der Waals surface area contributed by atoms with E-state index in [9.17, 15) is 14.4 Å². The van der Waals surface area contributed by atoms with Crippen molar-refractivity contribution in [2.45, 2.75) is 44.6 Å². The average Bonchev–Trinajstić information content (AvgIpc) is 3.09. The van der Waals surface area contributed by atoms with Crippen molar-refractivity contribution in [3.05, 3.63) is 12.2 Å². The Balaban J connectivity index is 1.39. The van der Waals surface area contributed by atoms with Crippen LogP contribution in [0.4, 0.5) is 0 Å². The Labute approximate surface area is 130 Å². The number of hydrogen-bond acceptors (Lipinski definition) is 3. The molecule has 0 aromatic carbocycles. The summed E-state index contributed by atoms with van der Waals surface area (Å²) in [5, 5.41) is 0. The summed E-state index contributed by atoms with van der Waals surface area (Å²) in [6.07, 6.45) is 9.67. The third-order valence-corrected chi connectivity index (χ3v) is 5.79. The van der Waals surface area contributed by atoms with Gasteiger partial charge in [-0.1, -0.05) is 25.0 Å². The van der Waals surface area contributed by atoms with Crippen LogP contribution in [0.5, 0.6) is 0 Å². The van der Waals surface area contributed by atoms with Crippen molar-refractivity contribution in [3.63, 3.8) is 0 Å². The molecular weight excluding hydrogens is 280 g/mol. The summed E-state index contributed by atoms with van der Waals surface area (Å²) < 4.78 is 0. The van der Waals surface area contributed by atoms with E-state index in [2.05, 4.69) is 0 Å². The van der Waals surface area contributed by atoms with Gasteiger partial charge >= 0.3 is 0 Å². The van der Waals surface area contributed by atoms with Gasteiger partial charge in [-0.3, -0.25) is 19.3 Å². The van der Waals surface area contributed by atoms with Gasteiger partial charge in [-0.25, -0.2) is 0 Å². The molecule has 0 bridgehead atoms. The first-order chi connectivity index (χ1) is 10.7. The van der Waals surface area contributed by atoms with E-state index in [0.717, 1.165) is 25.7 Å². The summed E-state index contributed by atoms with van der Waals surface area (Å²) in [5.41, 5.74) is 0. The zero-order valence-corrected chi connectivity index (χ0v) is 12.7. The van der Waals surface area contributed by atoms with E-state index < -0.39 is 0 Å². The maximum absolute atomic E-state index is 12.5. The second kappa shape index (κ2) is 5.21. The fraction of sp³-hybridized carbons (Fsp3) is 0.706. The second-order valence-electron chi connectivity index (χ2n) is 7.08. The van der Waals surface area contributed by atoms with Crippen LogP contribution in [0.1, 0.15) is 38.5 Å². The topological polar surface area (TPSA) is 57.7 Å². The quantitative estimate of drug-likeness (QED) is 0.571. The highest BCUT2D eigenvalue weighted by molar-refractivity contribution is 6.06. The number of fused-ring (bicyclic) bond motifs is 1. The first-order valence-electron chi connectivity index (χ1n) is 8.47. The number of amides is 3. The largest absolute Gasteiger partial charge is 0.338 e. The molecule has 0 aromatic rings. The van der Waals surface area contributed by atoms with E-state index in [1.54, 1.807) is 0 Å². The standard InChI is InChI=1S/C17H22N2O3/c20-15(11-5-1-2-6-11)18-9-12(10-18)19-16(21)13-7-3-4-8-14(13)17(19)22/h3-4,11-14H,1-2,5-10H2. The zero-order valence-electron chi connectivity index (χ0n) is 12.7. The van der Waals surface area contributed by atoms with Crippen LogP contribution < -0.4 is 0 Å². The van der Waals surface area contributed by atoms with E-state index in [1.807, 2.05) is 17.1 Å². The lowest BCUT2D eigenvalue weighted by atomic mass is 9.85. The van der Waals surface area contributed by atoms with E-state index in [0.29, 0.717) is 25.9 Å². The van der Waals surface area contributed by atoms with Crippen LogP contribution >= 0.6 is 0 Å². The van der Waals surface area contributed by atoms with E-state index in [4.69, 9.17) is 0 Å². The van der Waals surface area contributed by atoms with Crippen LogP contribution in [-0.2, 0) is 14.4 Å². The van der Waals surface area contributed by atoms with Gasteiger partial charge in [-0.05, 0) is 25.7 Å². The number of allylic oxidation sites excluding steroid dienone is 2. The van der Waals surface area contributed by atoms with Gasteiger partial charge in [0.1, 0.15) is 0 Å². The van der Waals surface area contributed by atoms with E-state index >= 15 is 0 Å². The van der Waals surface area contributed by atoms with Crippen molar-refractivity contribution in [2.24, 2.45) is 17.8 Å². The van der Waals surface area contributed by atoms with Gasteiger partial charge < -0.3 is 4.90 Å². The van der Waals surface area contributed by atoms with Crippen LogP contribution in [0.2, 0.25) is 0 Å². The van der Waals surface area contributed by atoms with Crippen LogP contribution in [0.25, 0.3) is 0 Å². The van der Waals surface area contributed by atoms with Gasteiger partial charge in [0.2, 0.25) is 17.7 Å². The van der Waals surface area contributed by atoms with Crippen LogP contribution in [0.15, 0.2) is 12.2 Å². The summed E-state index contributed by atoms with van der Waals surface area (Å²) in [7, 11) is 0. The Bertz CT molecular complexity index is 518. The molecule has 3 fully saturated rings. The molecule has 4 aliphatic rings. The molecule has 2 heterocycles. The molecule has 22 heavy (non-hydrogen) atoms. The van der Waals surface area contributed by atoms with Gasteiger partial charge in [-0.2, -0.15) is 0 Å². The van der Waals surface area contributed by atoms with Crippen molar-refractivity contribution in [1.29, 1.82) is 0 Å². The Morgan fingerprint density at radius 2 is 1.50 bits per heavy atom. The van der Waals surface area contributed by atoms with Crippen molar-refractivity contribution < 1.29 is 14.4 Å². The predicted octanol–water partition coefficient (Wildman–Crippen LogP) is 1.34. The average molecular weight is 302 g/mol. The van der Waals surface area contributed by atoms with Gasteiger partial charge in [0, 0.05) is 19.0 Å². The molecule has 3 amide bonds. The number of rotatable bonds is 2. The van der Waals surface area contributed by atoms with Crippen molar-refractivity contribution in [3.8, 4) is 0 Å². The highest BCUT2D eigenvalue weighted by atomic mass is 16.2. The Kier molecular flexibility index (Phi) is 3.31. The summed E-state index contributed by atoms with van der Waals surface area (Å²) in [4.78, 5) is 40.6. The number of hydrogen-bond donors (Lipinski definition) is 0. The maximum atomic E-state index is 12.5. The molecule has 118 valence electrons. The smallest absolute Gasteiger partial charge is 0.233 e. The fourth-order valence-corrected chi connectivity index (χ4v) is 4.42.